The zero-order chi connectivity index (χ0) is 73.3. The highest BCUT2D eigenvalue weighted by Crippen LogP contribution is 2.49. The Morgan fingerprint density at radius 3 is 1.51 bits per heavy atom. The van der Waals surface area contributed by atoms with Crippen molar-refractivity contribution in [1.82, 2.24) is 59.3 Å². The van der Waals surface area contributed by atoms with Crippen LogP contribution in [0.25, 0.3) is 64.0 Å². The summed E-state index contributed by atoms with van der Waals surface area (Å²) in [6.45, 7) is 16.5. The molecule has 6 aromatic heterocycles. The van der Waals surface area contributed by atoms with E-state index in [1.165, 1.54) is 27.2 Å². The molecule has 558 valence electrons. The van der Waals surface area contributed by atoms with Crippen LogP contribution in [0.1, 0.15) is 128 Å². The van der Waals surface area contributed by atoms with Gasteiger partial charge in [-0.1, -0.05) is 0 Å². The molecule has 108 heavy (non-hydrogen) atoms. The highest BCUT2D eigenvalue weighted by molar-refractivity contribution is 7.22. The third-order valence-corrected chi connectivity index (χ3v) is 28.3. The fraction of sp³-hybridized carbons (Fsp3) is 0.475. The molecule has 8 fully saturated rings. The van der Waals surface area contributed by atoms with Crippen molar-refractivity contribution in [3.63, 3.8) is 0 Å². The van der Waals surface area contributed by atoms with Crippen molar-refractivity contribution in [1.29, 1.82) is 0 Å². The van der Waals surface area contributed by atoms with Gasteiger partial charge in [-0.2, -0.15) is 0 Å². The molecule has 10 aromatic rings. The number of rotatable bonds is 10. The summed E-state index contributed by atoms with van der Waals surface area (Å²) in [7, 11) is 1.74. The van der Waals surface area contributed by atoms with Crippen molar-refractivity contribution >= 4 is 157 Å². The van der Waals surface area contributed by atoms with Crippen molar-refractivity contribution < 1.29 is 28.8 Å². The first-order valence-electron chi connectivity index (χ1n) is 38.8. The van der Waals surface area contributed by atoms with Gasteiger partial charge in [0.2, 0.25) is 23.6 Å². The summed E-state index contributed by atoms with van der Waals surface area (Å²) in [5, 5.41) is 22.5. The molecular formula is C80H88N18O8S2. The van der Waals surface area contributed by atoms with E-state index in [0.717, 1.165) is 222 Å². The third kappa shape index (κ3) is 11.2. The van der Waals surface area contributed by atoms with Crippen LogP contribution in [0.2, 0.25) is 0 Å². The van der Waals surface area contributed by atoms with Gasteiger partial charge in [0.05, 0.1) is 56.7 Å². The van der Waals surface area contributed by atoms with E-state index in [1.807, 2.05) is 26.0 Å². The van der Waals surface area contributed by atoms with Gasteiger partial charge in [0.1, 0.15) is 33.5 Å². The monoisotopic (exact) mass is 1490 g/mol. The number of fused-ring (bicyclic) bond motifs is 12. The minimum Gasteiger partial charge on any atom is -0.381 e. The van der Waals surface area contributed by atoms with Crippen LogP contribution < -0.4 is 62.9 Å². The second-order valence-electron chi connectivity index (χ2n) is 32.7. The molecule has 10 aliphatic rings. The Labute approximate surface area is 629 Å². The smallest absolute Gasteiger partial charge is 0.330 e. The van der Waals surface area contributed by atoms with E-state index in [2.05, 4.69) is 128 Å². The highest BCUT2D eigenvalue weighted by atomic mass is 32.1. The maximum absolute atomic E-state index is 15.4. The van der Waals surface area contributed by atoms with E-state index in [9.17, 15) is 33.6 Å². The van der Waals surface area contributed by atoms with Crippen LogP contribution in [0.15, 0.2) is 88.5 Å². The summed E-state index contributed by atoms with van der Waals surface area (Å²) in [5.74, 6) is 0.121. The van der Waals surface area contributed by atoms with Crippen LogP contribution in [0.3, 0.4) is 0 Å². The Kier molecular flexibility index (Phi) is 16.0. The Hall–Kier alpha value is -9.90. The maximum Gasteiger partial charge on any atom is 0.330 e. The number of imide groups is 2. The number of hydrogen-bond donors (Lipinski definition) is 6. The second-order valence-corrected chi connectivity index (χ2v) is 34.8. The SMILES string of the molecule is C[C@@H]1CNc2c(sc3ccc4nc(N5CCC(N6CC7(CCN(c8ccc9c(c8)n(Cc8cc(N%10CCC(N%11CC%12(CCN(c%13ccc%14c(ccc%15sc%16c(c%15%14)NC[C@@H](C)NC%16=O)n%13)CC%12)C%11)CC%10)c%10c(c8)n(C8CCC(=O)NC8=O)c(=O)n%10C)c(=O)n9C8CCC(=O)NC8=O)CC7)C6)CC5)ccc4c23)C(=O)N1. The average Bonchev–Trinajstić information content (AvgIpc) is 1.69. The zero-order valence-electron chi connectivity index (χ0n) is 61.0. The molecule has 4 atom stereocenters. The Balaban J connectivity index is 0.524. The van der Waals surface area contributed by atoms with Crippen LogP contribution >= 0.6 is 22.7 Å². The Morgan fingerprint density at radius 2 is 0.991 bits per heavy atom. The molecular weight excluding hydrogens is 1410 g/mol. The van der Waals surface area contributed by atoms with Gasteiger partial charge in [0, 0.05) is 172 Å². The number of carbonyl (C=O) groups excluding carboxylic acids is 6. The lowest BCUT2D eigenvalue weighted by atomic mass is 9.70. The van der Waals surface area contributed by atoms with Crippen LogP contribution in [0.4, 0.5) is 34.4 Å². The van der Waals surface area contributed by atoms with E-state index < -0.39 is 23.9 Å². The zero-order valence-corrected chi connectivity index (χ0v) is 62.6. The lowest BCUT2D eigenvalue weighted by Gasteiger charge is -2.57. The topological polar surface area (TPSA) is 274 Å². The lowest BCUT2D eigenvalue weighted by Crippen LogP contribution is -2.64. The summed E-state index contributed by atoms with van der Waals surface area (Å²) < 4.78 is 8.60. The minimum absolute atomic E-state index is 0.0289. The first kappa shape index (κ1) is 67.5. The van der Waals surface area contributed by atoms with Gasteiger partial charge in [-0.05, 0) is 173 Å². The number of anilines is 6. The summed E-state index contributed by atoms with van der Waals surface area (Å²) in [6, 6.07) is 26.2. The average molecular weight is 1490 g/mol. The van der Waals surface area contributed by atoms with Gasteiger partial charge < -0.3 is 40.9 Å². The van der Waals surface area contributed by atoms with Crippen LogP contribution in [-0.2, 0) is 32.8 Å². The number of amides is 6. The number of benzene rings is 4. The van der Waals surface area contributed by atoms with Crippen molar-refractivity contribution in [2.75, 3.05) is 122 Å². The molecule has 0 radical (unpaired) electrons. The van der Waals surface area contributed by atoms with E-state index >= 15 is 4.79 Å². The Bertz CT molecular complexity index is 5610. The molecule has 16 heterocycles. The van der Waals surface area contributed by atoms with Gasteiger partial charge in [-0.25, -0.2) is 19.6 Å². The first-order chi connectivity index (χ1) is 52.4. The van der Waals surface area contributed by atoms with E-state index in [4.69, 9.17) is 9.97 Å². The van der Waals surface area contributed by atoms with Crippen molar-refractivity contribution in [2.24, 2.45) is 17.9 Å². The van der Waals surface area contributed by atoms with Crippen molar-refractivity contribution in [3.05, 3.63) is 115 Å². The van der Waals surface area contributed by atoms with Gasteiger partial charge >= 0.3 is 11.4 Å². The molecule has 0 aliphatic carbocycles. The molecule has 10 aliphatic heterocycles. The molecule has 0 bridgehead atoms. The quantitative estimate of drug-likeness (QED) is 0.0704. The molecule has 0 saturated carbocycles. The number of thiophene rings is 2. The summed E-state index contributed by atoms with van der Waals surface area (Å²) >= 11 is 3.06. The molecule has 2 spiro atoms. The molecule has 26 nitrogen and oxygen atoms in total. The fourth-order valence-corrected chi connectivity index (χ4v) is 22.3. The van der Waals surface area contributed by atoms with Gasteiger partial charge in [0.15, 0.2) is 0 Å². The molecule has 6 amide bonds. The number of piperidine rings is 6. The first-order valence-corrected chi connectivity index (χ1v) is 40.5. The fourth-order valence-electron chi connectivity index (χ4n) is 20.1. The van der Waals surface area contributed by atoms with Crippen molar-refractivity contribution in [2.45, 2.75) is 134 Å². The number of likely N-dealkylation sites (tertiary alicyclic amines) is 2. The van der Waals surface area contributed by atoms with Gasteiger partial charge in [-0.15, -0.1) is 22.7 Å². The summed E-state index contributed by atoms with van der Waals surface area (Å²) in [6.07, 6.45) is 8.69. The molecule has 20 rings (SSSR count). The molecule has 4 aromatic carbocycles. The van der Waals surface area contributed by atoms with E-state index in [0.29, 0.717) is 47.2 Å². The lowest BCUT2D eigenvalue weighted by molar-refractivity contribution is -0.137. The van der Waals surface area contributed by atoms with Crippen LogP contribution in [-0.4, -0.2) is 189 Å². The van der Waals surface area contributed by atoms with Crippen LogP contribution in [0.5, 0.6) is 0 Å². The van der Waals surface area contributed by atoms with E-state index in [-0.39, 0.29) is 90.1 Å². The number of pyridine rings is 2. The standard InChI is InChI=1S/C80H88N18O8S2/c1-44-37-81-68-66-50-5-14-62(85-52(50)7-12-60(66)107-71(68)75(103)83-44)92-28-20-48(21-29-92)95-40-79(41-95)22-30-90(31-23-79)49-4-9-54-57(36-49)96(78(106)97(54)55-10-16-64(99)87-73(55)101)39-46-34-58(70-59(35-46)98(77(105)89(70)3)56-11-17-65(100)88-74(56)102)91-26-18-47(19-27-91)94-42-80(43-94)24-32-93(33-25-80)63-15-6-51-53(86-63)8-13-61-67(51)69-72(108-61)76(104)84-45(2)38-82-69/h4-9,12-15,34-36,44-45,47-48,55-56,81-82H,10-11,16-33,37-43H2,1-3H3,(H,83,103)(H,84,104)(H,87,99,101)(H,88,100,102)/t44-,45-,55?,56?/m1/s1. The normalized spacial score (nSPS) is 23.9. The number of carbonyl (C=O) groups is 6. The summed E-state index contributed by atoms with van der Waals surface area (Å²) in [4.78, 5) is 136. The second kappa shape index (κ2) is 25.6. The highest BCUT2D eigenvalue weighted by Gasteiger charge is 2.50. The molecule has 8 saturated heterocycles. The predicted octanol–water partition coefficient (Wildman–Crippen LogP) is 8.22. The number of hydrogen-bond acceptors (Lipinski definition) is 20. The predicted molar refractivity (Wildman–Crippen MR) is 422 cm³/mol. The minimum atomic E-state index is -0.931. The summed E-state index contributed by atoms with van der Waals surface area (Å²) in [5.41, 5.74) is 8.39. The third-order valence-electron chi connectivity index (χ3n) is 26.0. The molecule has 2 unspecified atom stereocenters. The number of nitrogens with one attached hydrogen (secondary N) is 6. The number of aromatic nitrogens is 6. The maximum atomic E-state index is 15.4. The molecule has 6 N–H and O–H groups in total. The van der Waals surface area contributed by atoms with Crippen LogP contribution in [0, 0.1) is 10.8 Å². The number of imidazole rings is 2. The number of nitrogens with zero attached hydrogens (tertiary/aromatic N) is 12. The Morgan fingerprint density at radius 1 is 0.500 bits per heavy atom. The largest absolute Gasteiger partial charge is 0.381 e. The number of aryl methyl sites for hydroxylation is 1. The van der Waals surface area contributed by atoms with Gasteiger partial charge in [-0.3, -0.25) is 67.5 Å². The van der Waals surface area contributed by atoms with E-state index in [1.54, 1.807) is 20.7 Å². The van der Waals surface area contributed by atoms with Crippen molar-refractivity contribution in [3.8, 4) is 0 Å². The van der Waals surface area contributed by atoms with Gasteiger partial charge in [0.25, 0.3) is 11.8 Å². The molecule has 28 heteroatoms.